The molecular weight excluding hydrogens is 346 g/mol. The highest BCUT2D eigenvalue weighted by molar-refractivity contribution is 5.93. The average Bonchev–Trinajstić information content (AvgIpc) is 3.06. The number of amides is 3. The highest BCUT2D eigenvalue weighted by atomic mass is 16.5. The molecule has 144 valence electrons. The first-order valence-corrected chi connectivity index (χ1v) is 8.88. The summed E-state index contributed by atoms with van der Waals surface area (Å²) in [6.45, 7) is 6.84. The summed E-state index contributed by atoms with van der Waals surface area (Å²) in [5.74, 6) is 0.0398. The van der Waals surface area contributed by atoms with Crippen LogP contribution >= 0.6 is 0 Å². The molecule has 8 heteroatoms. The van der Waals surface area contributed by atoms with Gasteiger partial charge >= 0.3 is 6.03 Å². The summed E-state index contributed by atoms with van der Waals surface area (Å²) in [4.78, 5) is 25.8. The molecule has 8 nitrogen and oxygen atoms in total. The van der Waals surface area contributed by atoms with E-state index < -0.39 is 12.0 Å². The van der Waals surface area contributed by atoms with Gasteiger partial charge in [-0.05, 0) is 26.3 Å². The van der Waals surface area contributed by atoms with Gasteiger partial charge in [0.2, 0.25) is 5.91 Å². The zero-order chi connectivity index (χ0) is 19.6. The molecule has 1 fully saturated rings. The van der Waals surface area contributed by atoms with Gasteiger partial charge in [-0.3, -0.25) is 10.1 Å². The molecule has 1 aliphatic heterocycles. The Labute approximate surface area is 158 Å². The third-order valence-corrected chi connectivity index (χ3v) is 4.39. The maximum Gasteiger partial charge on any atom is 0.323 e. The fraction of sp³-hybridized carbons (Fsp3) is 0.421. The minimum Gasteiger partial charge on any atom is -0.367 e. The molecule has 3 rings (SSSR count). The van der Waals surface area contributed by atoms with Gasteiger partial charge in [0.1, 0.15) is 5.82 Å². The molecule has 1 atom stereocenters. The van der Waals surface area contributed by atoms with E-state index in [0.717, 1.165) is 11.1 Å². The van der Waals surface area contributed by atoms with Crippen LogP contribution in [-0.2, 0) is 15.1 Å². The standard InChI is InChI=1S/C19H25N5O3/c1-19(2,3)24-17(14(11-21-24)13-7-5-4-6-8-13)22-18(26)23-9-10-27-15(12-23)16(20)25/h4-8,11,15H,9-10,12H2,1-3H3,(H2,20,25)(H,22,26)/t15-/m0/s1. The van der Waals surface area contributed by atoms with E-state index in [2.05, 4.69) is 10.4 Å². The van der Waals surface area contributed by atoms with Crippen LogP contribution in [0.5, 0.6) is 0 Å². The Morgan fingerprint density at radius 3 is 2.59 bits per heavy atom. The minimum absolute atomic E-state index is 0.130. The average molecular weight is 371 g/mol. The van der Waals surface area contributed by atoms with E-state index in [1.54, 1.807) is 10.9 Å². The number of morpholine rings is 1. The molecule has 2 aromatic rings. The number of anilines is 1. The van der Waals surface area contributed by atoms with Crippen molar-refractivity contribution in [3.63, 3.8) is 0 Å². The molecule has 1 saturated heterocycles. The van der Waals surface area contributed by atoms with E-state index in [1.165, 1.54) is 4.90 Å². The number of ether oxygens (including phenoxy) is 1. The van der Waals surface area contributed by atoms with Crippen molar-refractivity contribution in [1.82, 2.24) is 14.7 Å². The lowest BCUT2D eigenvalue weighted by Gasteiger charge is -2.32. The molecule has 1 aromatic heterocycles. The molecule has 0 spiro atoms. The van der Waals surface area contributed by atoms with Crippen LogP contribution in [-0.4, -0.2) is 52.4 Å². The highest BCUT2D eigenvalue weighted by Gasteiger charge is 2.30. The van der Waals surface area contributed by atoms with Crippen LogP contribution in [0, 0.1) is 0 Å². The summed E-state index contributed by atoms with van der Waals surface area (Å²) in [5, 5.41) is 7.46. The van der Waals surface area contributed by atoms with Gasteiger partial charge in [0.15, 0.2) is 6.10 Å². The molecule has 0 saturated carbocycles. The van der Waals surface area contributed by atoms with Crippen molar-refractivity contribution in [2.24, 2.45) is 5.73 Å². The molecular formula is C19H25N5O3. The number of carbonyl (C=O) groups excluding carboxylic acids is 2. The third-order valence-electron chi connectivity index (χ3n) is 4.39. The predicted molar refractivity (Wildman–Crippen MR) is 102 cm³/mol. The summed E-state index contributed by atoms with van der Waals surface area (Å²) >= 11 is 0. The molecule has 3 N–H and O–H groups in total. The van der Waals surface area contributed by atoms with Crippen molar-refractivity contribution >= 4 is 17.8 Å². The Kier molecular flexibility index (Phi) is 5.18. The normalized spacial score (nSPS) is 17.6. The Morgan fingerprint density at radius 1 is 1.26 bits per heavy atom. The number of primary amides is 1. The molecule has 0 aliphatic carbocycles. The van der Waals surface area contributed by atoms with Gasteiger partial charge in [-0.25, -0.2) is 9.48 Å². The maximum atomic E-state index is 12.9. The van der Waals surface area contributed by atoms with Gasteiger partial charge in [0, 0.05) is 12.1 Å². The summed E-state index contributed by atoms with van der Waals surface area (Å²) in [7, 11) is 0. The predicted octanol–water partition coefficient (Wildman–Crippen LogP) is 2.02. The van der Waals surface area contributed by atoms with Crippen LogP contribution in [0.2, 0.25) is 0 Å². The summed E-state index contributed by atoms with van der Waals surface area (Å²) < 4.78 is 7.10. The van der Waals surface area contributed by atoms with Crippen molar-refractivity contribution in [3.05, 3.63) is 36.5 Å². The van der Waals surface area contributed by atoms with Gasteiger partial charge in [-0.2, -0.15) is 5.10 Å². The van der Waals surface area contributed by atoms with Crippen molar-refractivity contribution in [1.29, 1.82) is 0 Å². The topological polar surface area (TPSA) is 102 Å². The quantitative estimate of drug-likeness (QED) is 0.861. The number of hydrogen-bond acceptors (Lipinski definition) is 4. The van der Waals surface area contributed by atoms with Crippen LogP contribution in [0.4, 0.5) is 10.6 Å². The zero-order valence-corrected chi connectivity index (χ0v) is 15.8. The fourth-order valence-corrected chi connectivity index (χ4v) is 2.99. The molecule has 1 aromatic carbocycles. The number of carbonyl (C=O) groups is 2. The summed E-state index contributed by atoms with van der Waals surface area (Å²) in [6.07, 6.45) is 0.965. The third kappa shape index (κ3) is 4.11. The van der Waals surface area contributed by atoms with Gasteiger partial charge in [-0.15, -0.1) is 0 Å². The summed E-state index contributed by atoms with van der Waals surface area (Å²) in [6, 6.07) is 9.44. The monoisotopic (exact) mass is 371 g/mol. The lowest BCUT2D eigenvalue weighted by molar-refractivity contribution is -0.133. The van der Waals surface area contributed by atoms with E-state index in [-0.39, 0.29) is 24.7 Å². The first-order chi connectivity index (χ1) is 12.8. The van der Waals surface area contributed by atoms with Crippen LogP contribution in [0.3, 0.4) is 0 Å². The van der Waals surface area contributed by atoms with Gasteiger partial charge in [-0.1, -0.05) is 30.3 Å². The highest BCUT2D eigenvalue weighted by Crippen LogP contribution is 2.32. The molecule has 2 heterocycles. The van der Waals surface area contributed by atoms with Crippen molar-refractivity contribution in [2.45, 2.75) is 32.4 Å². The lowest BCUT2D eigenvalue weighted by Crippen LogP contribution is -2.51. The first-order valence-electron chi connectivity index (χ1n) is 8.88. The van der Waals surface area contributed by atoms with Crippen molar-refractivity contribution in [3.8, 4) is 11.1 Å². The van der Waals surface area contributed by atoms with Crippen molar-refractivity contribution in [2.75, 3.05) is 25.0 Å². The van der Waals surface area contributed by atoms with E-state index in [4.69, 9.17) is 10.5 Å². The largest absolute Gasteiger partial charge is 0.367 e. The van der Waals surface area contributed by atoms with Gasteiger partial charge in [0.05, 0.1) is 24.9 Å². The van der Waals surface area contributed by atoms with E-state index in [1.807, 2.05) is 51.1 Å². The Balaban J connectivity index is 1.90. The number of hydrogen-bond donors (Lipinski definition) is 2. The first kappa shape index (κ1) is 18.9. The zero-order valence-electron chi connectivity index (χ0n) is 15.8. The molecule has 0 radical (unpaired) electrons. The number of nitrogens with two attached hydrogens (primary N) is 1. The van der Waals surface area contributed by atoms with Gasteiger partial charge < -0.3 is 15.4 Å². The number of benzene rings is 1. The van der Waals surface area contributed by atoms with E-state index in [9.17, 15) is 9.59 Å². The van der Waals surface area contributed by atoms with Crippen molar-refractivity contribution < 1.29 is 14.3 Å². The van der Waals surface area contributed by atoms with Gasteiger partial charge in [0.25, 0.3) is 0 Å². The van der Waals surface area contributed by atoms with E-state index >= 15 is 0 Å². The molecule has 0 bridgehead atoms. The number of nitrogens with zero attached hydrogens (tertiary/aromatic N) is 3. The lowest BCUT2D eigenvalue weighted by atomic mass is 10.1. The number of urea groups is 1. The minimum atomic E-state index is -0.786. The molecule has 27 heavy (non-hydrogen) atoms. The van der Waals surface area contributed by atoms with Crippen LogP contribution in [0.15, 0.2) is 36.5 Å². The maximum absolute atomic E-state index is 12.9. The Morgan fingerprint density at radius 2 is 1.96 bits per heavy atom. The second kappa shape index (κ2) is 7.40. The number of rotatable bonds is 3. The van der Waals surface area contributed by atoms with Crippen LogP contribution < -0.4 is 11.1 Å². The van der Waals surface area contributed by atoms with Crippen LogP contribution in [0.25, 0.3) is 11.1 Å². The summed E-state index contributed by atoms with van der Waals surface area (Å²) in [5.41, 5.74) is 6.78. The Bertz CT molecular complexity index is 826. The molecule has 0 unspecified atom stereocenters. The smallest absolute Gasteiger partial charge is 0.323 e. The Hall–Kier alpha value is -2.87. The number of nitrogens with one attached hydrogen (secondary N) is 1. The fourth-order valence-electron chi connectivity index (χ4n) is 2.99. The number of aromatic nitrogens is 2. The van der Waals surface area contributed by atoms with Crippen LogP contribution in [0.1, 0.15) is 20.8 Å². The second-order valence-corrected chi connectivity index (χ2v) is 7.49. The van der Waals surface area contributed by atoms with E-state index in [0.29, 0.717) is 12.4 Å². The molecule has 3 amide bonds. The SMILES string of the molecule is CC(C)(C)n1ncc(-c2ccccc2)c1NC(=O)N1CCO[C@H](C(N)=O)C1. The molecule has 1 aliphatic rings. The second-order valence-electron chi connectivity index (χ2n) is 7.49.